The van der Waals surface area contributed by atoms with Crippen LogP contribution in [0.2, 0.25) is 5.02 Å². The second-order valence-electron chi connectivity index (χ2n) is 5.81. The van der Waals surface area contributed by atoms with E-state index in [1.165, 1.54) is 4.90 Å². The highest BCUT2D eigenvalue weighted by Crippen LogP contribution is 2.41. The van der Waals surface area contributed by atoms with Crippen LogP contribution >= 0.6 is 11.6 Å². The zero-order chi connectivity index (χ0) is 15.7. The van der Waals surface area contributed by atoms with Crippen molar-refractivity contribution >= 4 is 23.5 Å². The molecule has 1 atom stereocenters. The molecule has 1 aromatic rings. The van der Waals surface area contributed by atoms with E-state index in [4.69, 9.17) is 16.3 Å². The van der Waals surface area contributed by atoms with Gasteiger partial charge >= 0.3 is 0 Å². The van der Waals surface area contributed by atoms with E-state index in [0.717, 1.165) is 19.3 Å². The maximum Gasteiger partial charge on any atom is 0.258 e. The van der Waals surface area contributed by atoms with E-state index in [0.29, 0.717) is 23.4 Å². The number of halogens is 1. The number of carboxylic acids is 1. The first-order valence-electron chi connectivity index (χ1n) is 7.48. The standard InChI is InChI=1S/C16H18ClNO4/c17-12-7-3-2-6-11(12)14(19)18-13(15(20)21)10-22-16(18)8-4-1-5-9-16/h2-3,6-7,13H,1,4-5,8-10H2,(H,20,21)/p-1/t13-/m0/s1. The first kappa shape index (κ1) is 15.3. The van der Waals surface area contributed by atoms with Gasteiger partial charge in [-0.15, -0.1) is 0 Å². The Hall–Kier alpha value is -1.59. The molecule has 1 aliphatic carbocycles. The molecule has 1 heterocycles. The van der Waals surface area contributed by atoms with Crippen molar-refractivity contribution in [1.82, 2.24) is 4.90 Å². The van der Waals surface area contributed by atoms with Crippen LogP contribution in [0.5, 0.6) is 0 Å². The van der Waals surface area contributed by atoms with Gasteiger partial charge in [-0.3, -0.25) is 9.69 Å². The van der Waals surface area contributed by atoms with E-state index in [9.17, 15) is 14.7 Å². The molecule has 2 fully saturated rings. The first-order chi connectivity index (χ1) is 10.6. The Morgan fingerprint density at radius 2 is 1.91 bits per heavy atom. The Kier molecular flexibility index (Phi) is 4.10. The van der Waals surface area contributed by atoms with Crippen LogP contribution in [0, 0.1) is 0 Å². The van der Waals surface area contributed by atoms with Gasteiger partial charge < -0.3 is 14.6 Å². The summed E-state index contributed by atoms with van der Waals surface area (Å²) in [4.78, 5) is 25.7. The summed E-state index contributed by atoms with van der Waals surface area (Å²) in [5, 5.41) is 11.7. The SMILES string of the molecule is O=C([O-])[C@@H]1COC2(CCCCC2)N1C(=O)c1ccccc1Cl. The van der Waals surface area contributed by atoms with Crippen LogP contribution in [-0.4, -0.2) is 35.2 Å². The van der Waals surface area contributed by atoms with Crippen LogP contribution < -0.4 is 5.11 Å². The molecule has 1 aromatic carbocycles. The van der Waals surface area contributed by atoms with E-state index in [-0.39, 0.29) is 6.61 Å². The second-order valence-corrected chi connectivity index (χ2v) is 6.21. The predicted octanol–water partition coefficient (Wildman–Crippen LogP) is 1.59. The normalized spacial score (nSPS) is 23.7. The Morgan fingerprint density at radius 1 is 1.23 bits per heavy atom. The molecule has 1 saturated carbocycles. The van der Waals surface area contributed by atoms with Gasteiger partial charge in [-0.1, -0.05) is 30.2 Å². The molecular formula is C16H17ClNO4-. The molecule has 0 aromatic heterocycles. The third-order valence-corrected chi connectivity index (χ3v) is 4.82. The highest BCUT2D eigenvalue weighted by molar-refractivity contribution is 6.33. The summed E-state index contributed by atoms with van der Waals surface area (Å²) in [5.41, 5.74) is -0.537. The van der Waals surface area contributed by atoms with Gasteiger partial charge in [-0.25, -0.2) is 0 Å². The molecule has 118 valence electrons. The number of hydrogen-bond acceptors (Lipinski definition) is 4. The molecule has 1 amide bonds. The average molecular weight is 323 g/mol. The molecule has 1 aliphatic heterocycles. The summed E-state index contributed by atoms with van der Waals surface area (Å²) in [6.07, 6.45) is 4.17. The summed E-state index contributed by atoms with van der Waals surface area (Å²) >= 11 is 6.10. The van der Waals surface area contributed by atoms with Crippen LogP contribution in [0.3, 0.4) is 0 Å². The van der Waals surface area contributed by atoms with Crippen molar-refractivity contribution in [2.75, 3.05) is 6.61 Å². The minimum atomic E-state index is -1.29. The van der Waals surface area contributed by atoms with Gasteiger partial charge in [0.05, 0.1) is 29.2 Å². The molecular weight excluding hydrogens is 306 g/mol. The number of carbonyl (C=O) groups is 2. The largest absolute Gasteiger partial charge is 0.548 e. The third-order valence-electron chi connectivity index (χ3n) is 4.49. The lowest BCUT2D eigenvalue weighted by atomic mass is 9.89. The molecule has 5 nitrogen and oxygen atoms in total. The number of hydrogen-bond donors (Lipinski definition) is 0. The summed E-state index contributed by atoms with van der Waals surface area (Å²) < 4.78 is 5.79. The second kappa shape index (κ2) is 5.89. The van der Waals surface area contributed by atoms with Gasteiger partial charge in [0.15, 0.2) is 0 Å². The van der Waals surface area contributed by atoms with Crippen molar-refractivity contribution in [1.29, 1.82) is 0 Å². The predicted molar refractivity (Wildman–Crippen MR) is 78.2 cm³/mol. The van der Waals surface area contributed by atoms with E-state index in [1.807, 2.05) is 0 Å². The van der Waals surface area contributed by atoms with Crippen molar-refractivity contribution in [2.45, 2.75) is 43.9 Å². The van der Waals surface area contributed by atoms with Gasteiger partial charge in [0.1, 0.15) is 5.72 Å². The summed E-state index contributed by atoms with van der Waals surface area (Å²) in [6, 6.07) is 5.59. The molecule has 0 unspecified atom stereocenters. The summed E-state index contributed by atoms with van der Waals surface area (Å²) in [6.45, 7) is -0.0292. The van der Waals surface area contributed by atoms with Crippen molar-refractivity contribution in [2.24, 2.45) is 0 Å². The van der Waals surface area contributed by atoms with E-state index in [2.05, 4.69) is 0 Å². The van der Waals surface area contributed by atoms with Crippen molar-refractivity contribution in [3.8, 4) is 0 Å². The number of aliphatic carboxylic acids is 1. The van der Waals surface area contributed by atoms with Crippen LogP contribution in [0.25, 0.3) is 0 Å². The topological polar surface area (TPSA) is 69.7 Å². The highest BCUT2D eigenvalue weighted by Gasteiger charge is 2.51. The fourth-order valence-electron chi connectivity index (χ4n) is 3.42. The fourth-order valence-corrected chi connectivity index (χ4v) is 3.63. The van der Waals surface area contributed by atoms with Crippen LogP contribution in [-0.2, 0) is 9.53 Å². The molecule has 0 N–H and O–H groups in total. The number of benzene rings is 1. The Bertz CT molecular complexity index is 598. The lowest BCUT2D eigenvalue weighted by Crippen LogP contribution is -2.57. The van der Waals surface area contributed by atoms with Crippen molar-refractivity contribution < 1.29 is 19.4 Å². The Labute approximate surface area is 133 Å². The fraction of sp³-hybridized carbons (Fsp3) is 0.500. The number of amides is 1. The van der Waals surface area contributed by atoms with E-state index in [1.54, 1.807) is 24.3 Å². The molecule has 0 bridgehead atoms. The van der Waals surface area contributed by atoms with E-state index < -0.39 is 23.6 Å². The molecule has 0 radical (unpaired) electrons. The molecule has 3 rings (SSSR count). The average Bonchev–Trinajstić information content (AvgIpc) is 2.87. The number of rotatable bonds is 2. The molecule has 22 heavy (non-hydrogen) atoms. The zero-order valence-electron chi connectivity index (χ0n) is 12.1. The van der Waals surface area contributed by atoms with Crippen LogP contribution in [0.4, 0.5) is 0 Å². The van der Waals surface area contributed by atoms with Crippen molar-refractivity contribution in [3.05, 3.63) is 34.9 Å². The smallest absolute Gasteiger partial charge is 0.258 e. The number of carbonyl (C=O) groups excluding carboxylic acids is 2. The lowest BCUT2D eigenvalue weighted by molar-refractivity contribution is -0.310. The zero-order valence-corrected chi connectivity index (χ0v) is 12.8. The molecule has 1 spiro atoms. The Morgan fingerprint density at radius 3 is 2.55 bits per heavy atom. The number of nitrogens with zero attached hydrogens (tertiary/aromatic N) is 1. The van der Waals surface area contributed by atoms with E-state index >= 15 is 0 Å². The van der Waals surface area contributed by atoms with Gasteiger partial charge in [-0.2, -0.15) is 0 Å². The lowest BCUT2D eigenvalue weighted by Gasteiger charge is -2.42. The maximum absolute atomic E-state index is 12.9. The molecule has 2 aliphatic rings. The molecule has 1 saturated heterocycles. The van der Waals surface area contributed by atoms with Gasteiger partial charge in [0.25, 0.3) is 5.91 Å². The quantitative estimate of drug-likeness (QED) is 0.829. The maximum atomic E-state index is 12.9. The number of carboxylic acid groups (broad SMARTS) is 1. The highest BCUT2D eigenvalue weighted by atomic mass is 35.5. The third kappa shape index (κ3) is 2.48. The van der Waals surface area contributed by atoms with Crippen LogP contribution in [0.1, 0.15) is 42.5 Å². The summed E-state index contributed by atoms with van der Waals surface area (Å²) in [5.74, 6) is -1.69. The monoisotopic (exact) mass is 322 g/mol. The van der Waals surface area contributed by atoms with Gasteiger partial charge in [0, 0.05) is 0 Å². The van der Waals surface area contributed by atoms with Gasteiger partial charge in [0.2, 0.25) is 0 Å². The minimum Gasteiger partial charge on any atom is -0.548 e. The first-order valence-corrected chi connectivity index (χ1v) is 7.86. The van der Waals surface area contributed by atoms with Crippen molar-refractivity contribution in [3.63, 3.8) is 0 Å². The van der Waals surface area contributed by atoms with Gasteiger partial charge in [-0.05, 0) is 37.8 Å². The Balaban J connectivity index is 2.00. The molecule has 6 heteroatoms. The number of ether oxygens (including phenoxy) is 1. The summed E-state index contributed by atoms with van der Waals surface area (Å²) in [7, 11) is 0. The van der Waals surface area contributed by atoms with Crippen LogP contribution in [0.15, 0.2) is 24.3 Å². The minimum absolute atomic E-state index is 0.0292.